The first kappa shape index (κ1) is 25.8. The molecule has 0 fully saturated rings. The first-order chi connectivity index (χ1) is 13.1. The van der Waals surface area contributed by atoms with Crippen molar-refractivity contribution < 1.29 is 29.0 Å². The third-order valence-corrected chi connectivity index (χ3v) is 3.90. The number of hydrogen-bond acceptors (Lipinski definition) is 7. The number of carbonyl (C=O) groups excluding carboxylic acids is 4. The van der Waals surface area contributed by atoms with E-state index in [2.05, 4.69) is 10.6 Å². The normalized spacial score (nSPS) is 14.1. The van der Waals surface area contributed by atoms with Crippen molar-refractivity contribution in [3.8, 4) is 0 Å². The molecular weight excluding hydrogens is 368 g/mol. The molecule has 0 aromatic rings. The van der Waals surface area contributed by atoms with Gasteiger partial charge in [-0.3, -0.25) is 14.4 Å². The quantitative estimate of drug-likeness (QED) is 0.182. The molecule has 0 radical (unpaired) electrons. The number of amides is 3. The average Bonchev–Trinajstić information content (AvgIpc) is 2.62. The van der Waals surface area contributed by atoms with Crippen LogP contribution in [0.3, 0.4) is 0 Å². The zero-order valence-electron chi connectivity index (χ0n) is 16.9. The zero-order chi connectivity index (χ0) is 21.7. The van der Waals surface area contributed by atoms with E-state index in [0.29, 0.717) is 12.8 Å². The fourth-order valence-electron chi connectivity index (χ4n) is 2.28. The number of aliphatic hydroxyl groups is 1. The number of carbonyl (C=O) groups is 4. The lowest BCUT2D eigenvalue weighted by Gasteiger charge is -2.23. The van der Waals surface area contributed by atoms with E-state index in [-0.39, 0.29) is 25.4 Å². The summed E-state index contributed by atoms with van der Waals surface area (Å²) in [5.74, 6) is -2.49. The Morgan fingerprint density at radius 1 is 1.07 bits per heavy atom. The monoisotopic (exact) mass is 402 g/mol. The van der Waals surface area contributed by atoms with Crippen molar-refractivity contribution >= 4 is 23.7 Å². The Hall–Kier alpha value is -2.20. The highest BCUT2D eigenvalue weighted by molar-refractivity contribution is 5.92. The van der Waals surface area contributed by atoms with Gasteiger partial charge in [-0.05, 0) is 25.2 Å². The van der Waals surface area contributed by atoms with Gasteiger partial charge in [0.15, 0.2) is 0 Å². The van der Waals surface area contributed by atoms with Crippen LogP contribution in [0.1, 0.15) is 52.9 Å². The Kier molecular flexibility index (Phi) is 12.8. The predicted molar refractivity (Wildman–Crippen MR) is 103 cm³/mol. The molecule has 0 saturated heterocycles. The molecule has 10 heteroatoms. The zero-order valence-corrected chi connectivity index (χ0v) is 16.9. The molecule has 162 valence electrons. The van der Waals surface area contributed by atoms with Crippen LogP contribution >= 0.6 is 0 Å². The SMILES string of the molecule is CCCCOC(=O)[C@H](CC(C)C)NC(=O)[C@H](CO)NC(=O)[C@@H](N)CCC(N)=O. The smallest absolute Gasteiger partial charge is 0.328 e. The molecule has 0 aliphatic heterocycles. The Bertz CT molecular complexity index is 526. The number of nitrogens with two attached hydrogens (primary N) is 2. The molecule has 0 rings (SSSR count). The molecule has 0 heterocycles. The molecule has 0 spiro atoms. The summed E-state index contributed by atoms with van der Waals surface area (Å²) in [4.78, 5) is 47.4. The van der Waals surface area contributed by atoms with Gasteiger partial charge in [0.1, 0.15) is 12.1 Å². The fraction of sp³-hybridized carbons (Fsp3) is 0.778. The van der Waals surface area contributed by atoms with Crippen LogP contribution in [0.15, 0.2) is 0 Å². The summed E-state index contributed by atoms with van der Waals surface area (Å²) >= 11 is 0. The van der Waals surface area contributed by atoms with Crippen LogP contribution in [0.25, 0.3) is 0 Å². The van der Waals surface area contributed by atoms with Crippen molar-refractivity contribution in [1.82, 2.24) is 10.6 Å². The van der Waals surface area contributed by atoms with E-state index in [1.165, 1.54) is 0 Å². The van der Waals surface area contributed by atoms with E-state index in [0.717, 1.165) is 6.42 Å². The molecular formula is C18H34N4O6. The third-order valence-electron chi connectivity index (χ3n) is 3.90. The lowest BCUT2D eigenvalue weighted by atomic mass is 10.0. The van der Waals surface area contributed by atoms with E-state index in [1.54, 1.807) is 0 Å². The maximum Gasteiger partial charge on any atom is 0.328 e. The van der Waals surface area contributed by atoms with Gasteiger partial charge < -0.3 is 31.9 Å². The Balaban J connectivity index is 4.86. The number of esters is 1. The van der Waals surface area contributed by atoms with Crippen LogP contribution in [0.4, 0.5) is 0 Å². The van der Waals surface area contributed by atoms with Crippen molar-refractivity contribution in [2.24, 2.45) is 17.4 Å². The van der Waals surface area contributed by atoms with E-state index in [9.17, 15) is 24.3 Å². The van der Waals surface area contributed by atoms with Gasteiger partial charge in [0.05, 0.1) is 19.3 Å². The van der Waals surface area contributed by atoms with Gasteiger partial charge in [0.2, 0.25) is 17.7 Å². The maximum atomic E-state index is 12.4. The standard InChI is InChI=1S/C18H34N4O6/c1-4-5-8-28-18(27)13(9-11(2)3)21-17(26)14(10-23)22-16(25)12(19)6-7-15(20)24/h11-14,23H,4-10,19H2,1-3H3,(H2,20,24)(H,21,26)(H,22,25)/t12-,13-,14-/m0/s1. The van der Waals surface area contributed by atoms with Crippen LogP contribution in [0.2, 0.25) is 0 Å². The highest BCUT2D eigenvalue weighted by Crippen LogP contribution is 2.08. The summed E-state index contributed by atoms with van der Waals surface area (Å²) in [5.41, 5.74) is 10.7. The van der Waals surface area contributed by atoms with Gasteiger partial charge >= 0.3 is 5.97 Å². The summed E-state index contributed by atoms with van der Waals surface area (Å²) in [6, 6.07) is -3.23. The van der Waals surface area contributed by atoms with Crippen LogP contribution < -0.4 is 22.1 Å². The number of primary amides is 1. The maximum absolute atomic E-state index is 12.4. The van der Waals surface area contributed by atoms with Gasteiger partial charge in [-0.2, -0.15) is 0 Å². The minimum absolute atomic E-state index is 0.0145. The second-order valence-corrected chi connectivity index (χ2v) is 7.07. The van der Waals surface area contributed by atoms with Crippen LogP contribution in [-0.2, 0) is 23.9 Å². The number of hydrogen-bond donors (Lipinski definition) is 5. The first-order valence-corrected chi connectivity index (χ1v) is 9.54. The van der Waals surface area contributed by atoms with Crippen LogP contribution in [0.5, 0.6) is 0 Å². The second-order valence-electron chi connectivity index (χ2n) is 7.07. The van der Waals surface area contributed by atoms with Gasteiger partial charge in [-0.1, -0.05) is 27.2 Å². The van der Waals surface area contributed by atoms with Gasteiger partial charge in [0, 0.05) is 6.42 Å². The van der Waals surface area contributed by atoms with Crippen LogP contribution in [0, 0.1) is 5.92 Å². The largest absolute Gasteiger partial charge is 0.464 e. The molecule has 0 aromatic heterocycles. The van der Waals surface area contributed by atoms with Gasteiger partial charge in [-0.25, -0.2) is 4.79 Å². The Labute approximate surface area is 165 Å². The van der Waals surface area contributed by atoms with E-state index in [4.69, 9.17) is 16.2 Å². The molecule has 0 unspecified atom stereocenters. The minimum atomic E-state index is -1.29. The summed E-state index contributed by atoms with van der Waals surface area (Å²) < 4.78 is 5.17. The Morgan fingerprint density at radius 3 is 2.18 bits per heavy atom. The van der Waals surface area contributed by atoms with Crippen molar-refractivity contribution in [3.63, 3.8) is 0 Å². The lowest BCUT2D eigenvalue weighted by Crippen LogP contribution is -2.56. The molecule has 28 heavy (non-hydrogen) atoms. The molecule has 3 atom stereocenters. The second kappa shape index (κ2) is 13.9. The molecule has 0 aromatic carbocycles. The molecule has 0 aliphatic rings. The fourth-order valence-corrected chi connectivity index (χ4v) is 2.28. The molecule has 10 nitrogen and oxygen atoms in total. The number of rotatable bonds is 14. The third kappa shape index (κ3) is 10.8. The average molecular weight is 402 g/mol. The Morgan fingerprint density at radius 2 is 1.68 bits per heavy atom. The van der Waals surface area contributed by atoms with Crippen molar-refractivity contribution in [2.45, 2.75) is 71.0 Å². The van der Waals surface area contributed by atoms with Crippen molar-refractivity contribution in [1.29, 1.82) is 0 Å². The highest BCUT2D eigenvalue weighted by Gasteiger charge is 2.29. The summed E-state index contributed by atoms with van der Waals surface area (Å²) in [7, 11) is 0. The minimum Gasteiger partial charge on any atom is -0.464 e. The number of nitrogens with one attached hydrogen (secondary N) is 2. The van der Waals surface area contributed by atoms with E-state index < -0.39 is 48.4 Å². The molecule has 3 amide bonds. The van der Waals surface area contributed by atoms with Crippen molar-refractivity contribution in [3.05, 3.63) is 0 Å². The highest BCUT2D eigenvalue weighted by atomic mass is 16.5. The van der Waals surface area contributed by atoms with Gasteiger partial charge in [-0.15, -0.1) is 0 Å². The summed E-state index contributed by atoms with van der Waals surface area (Å²) in [6.07, 6.45) is 1.86. The number of aliphatic hydroxyl groups excluding tert-OH is 1. The first-order valence-electron chi connectivity index (χ1n) is 9.54. The topological polar surface area (TPSA) is 174 Å². The molecule has 0 bridgehead atoms. The molecule has 0 saturated carbocycles. The van der Waals surface area contributed by atoms with E-state index >= 15 is 0 Å². The van der Waals surface area contributed by atoms with Gasteiger partial charge in [0.25, 0.3) is 0 Å². The summed E-state index contributed by atoms with van der Waals surface area (Å²) in [5, 5.41) is 14.3. The summed E-state index contributed by atoms with van der Waals surface area (Å²) in [6.45, 7) is 5.32. The van der Waals surface area contributed by atoms with Crippen LogP contribution in [-0.4, -0.2) is 60.1 Å². The lowest BCUT2D eigenvalue weighted by molar-refractivity contribution is -0.148. The number of ether oxygens (including phenoxy) is 1. The molecule has 0 aliphatic carbocycles. The van der Waals surface area contributed by atoms with E-state index in [1.807, 2.05) is 20.8 Å². The van der Waals surface area contributed by atoms with Crippen molar-refractivity contribution in [2.75, 3.05) is 13.2 Å². The predicted octanol–water partition coefficient (Wildman–Crippen LogP) is -1.07. The molecule has 7 N–H and O–H groups in total. The number of unbranched alkanes of at least 4 members (excludes halogenated alkanes) is 1.